The number of hydrogen-bond donors (Lipinski definition) is 1. The van der Waals surface area contributed by atoms with E-state index in [2.05, 4.69) is 15.3 Å². The SMILES string of the molecule is Cc1nc(Cl)cc(NC2CCCOc3cc(Cl)ccc32)n1. The summed E-state index contributed by atoms with van der Waals surface area (Å²) in [7, 11) is 0. The van der Waals surface area contributed by atoms with Crippen molar-refractivity contribution in [3.05, 3.63) is 45.8 Å². The second kappa shape index (κ2) is 6.08. The third-order valence-electron chi connectivity index (χ3n) is 3.37. The third-order valence-corrected chi connectivity index (χ3v) is 3.80. The summed E-state index contributed by atoms with van der Waals surface area (Å²) in [5, 5.41) is 4.53. The molecule has 0 saturated heterocycles. The number of fused-ring (bicyclic) bond motifs is 1. The molecule has 1 N–H and O–H groups in total. The van der Waals surface area contributed by atoms with E-state index in [1.807, 2.05) is 25.1 Å². The smallest absolute Gasteiger partial charge is 0.134 e. The number of aromatic nitrogens is 2. The van der Waals surface area contributed by atoms with Gasteiger partial charge in [-0.2, -0.15) is 0 Å². The Balaban J connectivity index is 1.91. The molecule has 1 atom stereocenters. The standard InChI is InChI=1S/C15H15Cl2N3O/c1-9-18-14(17)8-15(19-9)20-12-3-2-6-21-13-7-10(16)4-5-11(12)13/h4-5,7-8,12H,2-3,6H2,1H3,(H,18,19,20). The Hall–Kier alpha value is -1.52. The summed E-state index contributed by atoms with van der Waals surface area (Å²) in [5.74, 6) is 2.20. The molecular weight excluding hydrogens is 309 g/mol. The number of anilines is 1. The molecule has 110 valence electrons. The van der Waals surface area contributed by atoms with E-state index in [9.17, 15) is 0 Å². The summed E-state index contributed by atoms with van der Waals surface area (Å²) in [5.41, 5.74) is 1.09. The molecule has 6 heteroatoms. The van der Waals surface area contributed by atoms with Gasteiger partial charge < -0.3 is 10.1 Å². The zero-order chi connectivity index (χ0) is 14.8. The zero-order valence-electron chi connectivity index (χ0n) is 11.6. The molecule has 1 aliphatic rings. The lowest BCUT2D eigenvalue weighted by molar-refractivity contribution is 0.316. The molecule has 0 aliphatic carbocycles. The highest BCUT2D eigenvalue weighted by molar-refractivity contribution is 6.30. The first-order chi connectivity index (χ1) is 10.1. The fraction of sp³-hybridized carbons (Fsp3) is 0.333. The molecule has 2 aromatic rings. The van der Waals surface area contributed by atoms with Crippen LogP contribution in [0.1, 0.15) is 30.3 Å². The second-order valence-electron chi connectivity index (χ2n) is 4.99. The van der Waals surface area contributed by atoms with Crippen LogP contribution in [0.2, 0.25) is 10.2 Å². The second-order valence-corrected chi connectivity index (χ2v) is 5.82. The Morgan fingerprint density at radius 2 is 2.10 bits per heavy atom. The van der Waals surface area contributed by atoms with Gasteiger partial charge in [0.15, 0.2) is 0 Å². The molecule has 1 aromatic carbocycles. The van der Waals surface area contributed by atoms with E-state index in [4.69, 9.17) is 27.9 Å². The maximum atomic E-state index is 6.04. The van der Waals surface area contributed by atoms with Crippen LogP contribution in [0.3, 0.4) is 0 Å². The molecule has 21 heavy (non-hydrogen) atoms. The largest absolute Gasteiger partial charge is 0.493 e. The number of aryl methyl sites for hydroxylation is 1. The van der Waals surface area contributed by atoms with E-state index < -0.39 is 0 Å². The third kappa shape index (κ3) is 3.39. The van der Waals surface area contributed by atoms with Crippen molar-refractivity contribution in [1.29, 1.82) is 0 Å². The summed E-state index contributed by atoms with van der Waals surface area (Å²) in [6.07, 6.45) is 1.91. The lowest BCUT2D eigenvalue weighted by atomic mass is 10.0. The van der Waals surface area contributed by atoms with Crippen molar-refractivity contribution >= 4 is 29.0 Å². The summed E-state index contributed by atoms with van der Waals surface area (Å²) in [4.78, 5) is 8.45. The number of nitrogens with one attached hydrogen (secondary N) is 1. The monoisotopic (exact) mass is 323 g/mol. The molecule has 1 aliphatic heterocycles. The van der Waals surface area contributed by atoms with Gasteiger partial charge in [0.25, 0.3) is 0 Å². The Bertz CT molecular complexity index is 643. The topological polar surface area (TPSA) is 47.0 Å². The number of ether oxygens (including phenoxy) is 1. The van der Waals surface area contributed by atoms with Crippen molar-refractivity contribution in [2.75, 3.05) is 11.9 Å². The van der Waals surface area contributed by atoms with E-state index in [1.165, 1.54) is 0 Å². The number of hydrogen-bond acceptors (Lipinski definition) is 4. The van der Waals surface area contributed by atoms with Crippen LogP contribution >= 0.6 is 23.2 Å². The number of halogens is 2. The van der Waals surface area contributed by atoms with Gasteiger partial charge in [0.1, 0.15) is 22.5 Å². The van der Waals surface area contributed by atoms with Crippen LogP contribution in [-0.2, 0) is 0 Å². The van der Waals surface area contributed by atoms with E-state index in [0.717, 1.165) is 30.0 Å². The molecule has 1 unspecified atom stereocenters. The van der Waals surface area contributed by atoms with Gasteiger partial charge in [-0.25, -0.2) is 9.97 Å². The van der Waals surface area contributed by atoms with E-state index in [-0.39, 0.29) is 6.04 Å². The molecule has 0 amide bonds. The fourth-order valence-corrected chi connectivity index (χ4v) is 2.87. The predicted molar refractivity (Wildman–Crippen MR) is 84.3 cm³/mol. The first-order valence-electron chi connectivity index (χ1n) is 6.82. The Labute approximate surface area is 133 Å². The normalized spacial score (nSPS) is 17.6. The summed E-state index contributed by atoms with van der Waals surface area (Å²) in [6.45, 7) is 2.51. The molecule has 1 aromatic heterocycles. The molecule has 2 heterocycles. The lowest BCUT2D eigenvalue weighted by Crippen LogP contribution is -2.12. The van der Waals surface area contributed by atoms with Crippen molar-refractivity contribution < 1.29 is 4.74 Å². The molecule has 0 radical (unpaired) electrons. The molecular formula is C15H15Cl2N3O. The van der Waals surface area contributed by atoms with Crippen LogP contribution < -0.4 is 10.1 Å². The minimum atomic E-state index is 0.116. The van der Waals surface area contributed by atoms with E-state index in [1.54, 1.807) is 6.07 Å². The first-order valence-corrected chi connectivity index (χ1v) is 7.57. The Morgan fingerprint density at radius 3 is 2.90 bits per heavy atom. The predicted octanol–water partition coefficient (Wildman–Crippen LogP) is 4.42. The summed E-state index contributed by atoms with van der Waals surface area (Å²) in [6, 6.07) is 7.58. The highest BCUT2D eigenvalue weighted by atomic mass is 35.5. The number of rotatable bonds is 2. The Kier molecular flexibility index (Phi) is 4.17. The van der Waals surface area contributed by atoms with Gasteiger partial charge in [0, 0.05) is 16.7 Å². The molecule has 0 spiro atoms. The minimum absolute atomic E-state index is 0.116. The van der Waals surface area contributed by atoms with Gasteiger partial charge >= 0.3 is 0 Å². The quantitative estimate of drug-likeness (QED) is 0.831. The highest BCUT2D eigenvalue weighted by Crippen LogP contribution is 2.35. The van der Waals surface area contributed by atoms with Gasteiger partial charge in [0.2, 0.25) is 0 Å². The van der Waals surface area contributed by atoms with Crippen LogP contribution in [-0.4, -0.2) is 16.6 Å². The van der Waals surface area contributed by atoms with Crippen LogP contribution in [0.5, 0.6) is 5.75 Å². The zero-order valence-corrected chi connectivity index (χ0v) is 13.1. The van der Waals surface area contributed by atoms with Crippen molar-refractivity contribution in [3.8, 4) is 5.75 Å². The van der Waals surface area contributed by atoms with Gasteiger partial charge in [-0.3, -0.25) is 0 Å². The van der Waals surface area contributed by atoms with Gasteiger partial charge in [-0.15, -0.1) is 0 Å². The summed E-state index contributed by atoms with van der Waals surface area (Å²) < 4.78 is 5.76. The fourth-order valence-electron chi connectivity index (χ4n) is 2.48. The Morgan fingerprint density at radius 1 is 1.24 bits per heavy atom. The average molecular weight is 324 g/mol. The summed E-state index contributed by atoms with van der Waals surface area (Å²) >= 11 is 12.0. The maximum Gasteiger partial charge on any atom is 0.134 e. The molecule has 4 nitrogen and oxygen atoms in total. The van der Waals surface area contributed by atoms with Gasteiger partial charge in [-0.05, 0) is 31.9 Å². The van der Waals surface area contributed by atoms with Crippen LogP contribution in [0, 0.1) is 6.92 Å². The molecule has 0 bridgehead atoms. The van der Waals surface area contributed by atoms with Gasteiger partial charge in [0.05, 0.1) is 12.6 Å². The lowest BCUT2D eigenvalue weighted by Gasteiger charge is -2.19. The van der Waals surface area contributed by atoms with Crippen LogP contribution in [0.25, 0.3) is 0 Å². The first kappa shape index (κ1) is 14.4. The van der Waals surface area contributed by atoms with Crippen LogP contribution in [0.15, 0.2) is 24.3 Å². The molecule has 3 rings (SSSR count). The maximum absolute atomic E-state index is 6.04. The molecule has 0 fully saturated rings. The van der Waals surface area contributed by atoms with Crippen LogP contribution in [0.4, 0.5) is 5.82 Å². The highest BCUT2D eigenvalue weighted by Gasteiger charge is 2.20. The van der Waals surface area contributed by atoms with E-state index in [0.29, 0.717) is 22.6 Å². The van der Waals surface area contributed by atoms with E-state index >= 15 is 0 Å². The van der Waals surface area contributed by atoms with Gasteiger partial charge in [-0.1, -0.05) is 29.3 Å². The number of nitrogens with zero attached hydrogens (tertiary/aromatic N) is 2. The molecule has 0 saturated carbocycles. The minimum Gasteiger partial charge on any atom is -0.493 e. The average Bonchev–Trinajstić information content (AvgIpc) is 2.60. The van der Waals surface area contributed by atoms with Crippen molar-refractivity contribution in [1.82, 2.24) is 9.97 Å². The van der Waals surface area contributed by atoms with Crippen molar-refractivity contribution in [2.45, 2.75) is 25.8 Å². The van der Waals surface area contributed by atoms with Crippen molar-refractivity contribution in [2.24, 2.45) is 0 Å². The van der Waals surface area contributed by atoms with Crippen molar-refractivity contribution in [3.63, 3.8) is 0 Å². The number of benzene rings is 1.